The van der Waals surface area contributed by atoms with Crippen LogP contribution in [0.3, 0.4) is 0 Å². The molecule has 0 saturated heterocycles. The molecule has 0 spiro atoms. The minimum absolute atomic E-state index is 0.154. The summed E-state index contributed by atoms with van der Waals surface area (Å²) in [5.74, 6) is -0.434. The maximum Gasteiger partial charge on any atom is 0.145 e. The number of nitrogens with two attached hydrogens (primary N) is 1. The van der Waals surface area contributed by atoms with E-state index >= 15 is 0 Å². The van der Waals surface area contributed by atoms with E-state index in [4.69, 9.17) is 27.2 Å². The molecule has 1 heterocycles. The Labute approximate surface area is 84.4 Å². The van der Waals surface area contributed by atoms with Gasteiger partial charge < -0.3 is 15.3 Å². The summed E-state index contributed by atoms with van der Waals surface area (Å²) in [4.78, 5) is 0. The maximum absolute atomic E-state index is 9.59. The van der Waals surface area contributed by atoms with E-state index in [1.165, 1.54) is 12.3 Å². The number of nitrogens with one attached hydrogen (secondary N) is 1. The molecule has 0 atom stereocenters. The molecule has 0 radical (unpaired) electrons. The van der Waals surface area contributed by atoms with Gasteiger partial charge in [-0.2, -0.15) is 0 Å². The predicted molar refractivity (Wildman–Crippen MR) is 53.9 cm³/mol. The van der Waals surface area contributed by atoms with Crippen LogP contribution in [-0.4, -0.2) is 10.9 Å². The molecule has 4 nitrogen and oxygen atoms in total. The number of hydrogen-bond donors (Lipinski definition) is 3. The van der Waals surface area contributed by atoms with E-state index in [0.717, 1.165) is 0 Å². The van der Waals surface area contributed by atoms with Gasteiger partial charge >= 0.3 is 0 Å². The van der Waals surface area contributed by atoms with Crippen molar-refractivity contribution in [1.29, 1.82) is 5.41 Å². The van der Waals surface area contributed by atoms with Gasteiger partial charge in [0.2, 0.25) is 0 Å². The third-order valence-corrected chi connectivity index (χ3v) is 2.34. The molecule has 0 unspecified atom stereocenters. The summed E-state index contributed by atoms with van der Waals surface area (Å²) in [6.45, 7) is 0. The Kier molecular flexibility index (Phi) is 1.86. The molecular formula is C9H7ClN2O2. The van der Waals surface area contributed by atoms with Gasteiger partial charge in [0.05, 0.1) is 16.8 Å². The van der Waals surface area contributed by atoms with Crippen LogP contribution in [0.1, 0.15) is 5.56 Å². The number of hydrogen-bond acceptors (Lipinski definition) is 3. The highest BCUT2D eigenvalue weighted by atomic mass is 35.5. The quantitative estimate of drug-likeness (QED) is 0.498. The molecular weight excluding hydrogens is 204 g/mol. The molecule has 14 heavy (non-hydrogen) atoms. The van der Waals surface area contributed by atoms with Crippen molar-refractivity contribution in [2.75, 3.05) is 0 Å². The Morgan fingerprint density at radius 1 is 1.57 bits per heavy atom. The van der Waals surface area contributed by atoms with Gasteiger partial charge in [0.1, 0.15) is 17.2 Å². The first-order valence-electron chi connectivity index (χ1n) is 3.84. The summed E-state index contributed by atoms with van der Waals surface area (Å²) in [7, 11) is 0. The Morgan fingerprint density at radius 2 is 2.29 bits per heavy atom. The zero-order valence-corrected chi connectivity index (χ0v) is 7.80. The molecule has 2 rings (SSSR count). The van der Waals surface area contributed by atoms with Crippen LogP contribution in [0, 0.1) is 5.41 Å². The van der Waals surface area contributed by atoms with Gasteiger partial charge in [0, 0.05) is 5.39 Å². The number of aromatic hydroxyl groups is 1. The second-order valence-electron chi connectivity index (χ2n) is 2.83. The Balaban J connectivity index is 2.87. The zero-order valence-electron chi connectivity index (χ0n) is 7.04. The summed E-state index contributed by atoms with van der Waals surface area (Å²) in [5, 5.41) is 17.6. The summed E-state index contributed by atoms with van der Waals surface area (Å²) < 4.78 is 5.10. The van der Waals surface area contributed by atoms with E-state index in [1.807, 2.05) is 0 Å². The van der Waals surface area contributed by atoms with Gasteiger partial charge in [-0.25, -0.2) is 0 Å². The third-order valence-electron chi connectivity index (χ3n) is 1.96. The topological polar surface area (TPSA) is 83.2 Å². The van der Waals surface area contributed by atoms with Crippen LogP contribution in [0.5, 0.6) is 5.75 Å². The summed E-state index contributed by atoms with van der Waals surface area (Å²) in [6, 6.07) is 3.13. The summed E-state index contributed by atoms with van der Waals surface area (Å²) in [5.41, 5.74) is 5.94. The third kappa shape index (κ3) is 1.12. The number of nitrogen functional groups attached to an aromatic ring is 1. The monoisotopic (exact) mass is 210 g/mol. The normalized spacial score (nSPS) is 10.6. The lowest BCUT2D eigenvalue weighted by atomic mass is 10.1. The summed E-state index contributed by atoms with van der Waals surface area (Å²) >= 11 is 5.85. The molecule has 2 aromatic rings. The lowest BCUT2D eigenvalue weighted by Crippen LogP contribution is -2.11. The number of fused-ring (bicyclic) bond motifs is 1. The van der Waals surface area contributed by atoms with Crippen molar-refractivity contribution in [1.82, 2.24) is 0 Å². The first-order valence-corrected chi connectivity index (χ1v) is 4.22. The lowest BCUT2D eigenvalue weighted by molar-refractivity contribution is 0.475. The number of furan rings is 1. The Bertz CT molecular complexity index is 519. The zero-order chi connectivity index (χ0) is 10.3. The number of phenols is 1. The molecule has 72 valence electrons. The smallest absolute Gasteiger partial charge is 0.145 e. The number of halogens is 1. The minimum atomic E-state index is -0.247. The van der Waals surface area contributed by atoms with Crippen LogP contribution in [0.15, 0.2) is 22.8 Å². The number of phenolic OH excluding ortho intramolecular Hbond substituents is 1. The highest BCUT2D eigenvalue weighted by Crippen LogP contribution is 2.35. The number of amidine groups is 1. The molecule has 0 aliphatic heterocycles. The van der Waals surface area contributed by atoms with Crippen molar-refractivity contribution in [2.45, 2.75) is 0 Å². The second kappa shape index (κ2) is 2.92. The van der Waals surface area contributed by atoms with Crippen molar-refractivity contribution < 1.29 is 9.52 Å². The highest BCUT2D eigenvalue weighted by Gasteiger charge is 2.14. The minimum Gasteiger partial charge on any atom is -0.506 e. The molecule has 4 N–H and O–H groups in total. The highest BCUT2D eigenvalue weighted by molar-refractivity contribution is 6.37. The average Bonchev–Trinajstić information content (AvgIpc) is 2.58. The summed E-state index contributed by atoms with van der Waals surface area (Å²) in [6.07, 6.45) is 1.46. The van der Waals surface area contributed by atoms with Gasteiger partial charge in [0.15, 0.2) is 0 Å². The Morgan fingerprint density at radius 3 is 2.93 bits per heavy atom. The van der Waals surface area contributed by atoms with Gasteiger partial charge in [-0.1, -0.05) is 11.6 Å². The standard InChI is InChI=1S/C9H7ClN2O2/c10-7-4-1-2-14-6(4)3-5(8(7)13)9(11)12/h1-3,13H,(H3,11,12). The van der Waals surface area contributed by atoms with E-state index in [0.29, 0.717) is 11.0 Å². The predicted octanol–water partition coefficient (Wildman–Crippen LogP) is 2.08. The van der Waals surface area contributed by atoms with Crippen LogP contribution in [0.25, 0.3) is 11.0 Å². The van der Waals surface area contributed by atoms with Crippen LogP contribution in [0.4, 0.5) is 0 Å². The molecule has 1 aromatic heterocycles. The SMILES string of the molecule is N=C(N)c1cc2occc2c(Cl)c1O. The van der Waals surface area contributed by atoms with Crippen molar-refractivity contribution >= 4 is 28.4 Å². The molecule has 5 heteroatoms. The molecule has 0 saturated carbocycles. The van der Waals surface area contributed by atoms with E-state index in [9.17, 15) is 5.11 Å². The Hall–Kier alpha value is -1.68. The maximum atomic E-state index is 9.59. The van der Waals surface area contributed by atoms with Crippen molar-refractivity contribution in [3.63, 3.8) is 0 Å². The van der Waals surface area contributed by atoms with Crippen molar-refractivity contribution in [3.8, 4) is 5.75 Å². The molecule has 0 aliphatic carbocycles. The fraction of sp³-hybridized carbons (Fsp3) is 0. The molecule has 0 bridgehead atoms. The molecule has 0 aliphatic rings. The van der Waals surface area contributed by atoms with Crippen molar-refractivity contribution in [2.24, 2.45) is 5.73 Å². The van der Waals surface area contributed by atoms with E-state index in [1.54, 1.807) is 6.07 Å². The van der Waals surface area contributed by atoms with Crippen LogP contribution >= 0.6 is 11.6 Å². The first kappa shape index (κ1) is 8.90. The van der Waals surface area contributed by atoms with Crippen LogP contribution in [-0.2, 0) is 0 Å². The van der Waals surface area contributed by atoms with Gasteiger partial charge in [-0.15, -0.1) is 0 Å². The largest absolute Gasteiger partial charge is 0.506 e. The van der Waals surface area contributed by atoms with Crippen LogP contribution < -0.4 is 5.73 Å². The van der Waals surface area contributed by atoms with Gasteiger partial charge in [0.25, 0.3) is 0 Å². The first-order chi connectivity index (χ1) is 6.61. The molecule has 0 amide bonds. The molecule has 1 aromatic carbocycles. The van der Waals surface area contributed by atoms with Crippen LogP contribution in [0.2, 0.25) is 5.02 Å². The van der Waals surface area contributed by atoms with Crippen molar-refractivity contribution in [3.05, 3.63) is 29.0 Å². The average molecular weight is 211 g/mol. The second-order valence-corrected chi connectivity index (χ2v) is 3.21. The number of rotatable bonds is 1. The van der Waals surface area contributed by atoms with E-state index in [2.05, 4.69) is 0 Å². The van der Waals surface area contributed by atoms with E-state index in [-0.39, 0.29) is 22.2 Å². The van der Waals surface area contributed by atoms with Gasteiger partial charge in [-0.05, 0) is 12.1 Å². The number of benzene rings is 1. The molecule has 0 fully saturated rings. The fourth-order valence-electron chi connectivity index (χ4n) is 1.26. The van der Waals surface area contributed by atoms with E-state index < -0.39 is 0 Å². The lowest BCUT2D eigenvalue weighted by Gasteiger charge is -2.04. The van der Waals surface area contributed by atoms with Gasteiger partial charge in [-0.3, -0.25) is 5.41 Å². The fourth-order valence-corrected chi connectivity index (χ4v) is 1.52.